The lowest BCUT2D eigenvalue weighted by molar-refractivity contribution is -0.708. The van der Waals surface area contributed by atoms with E-state index in [-0.39, 0.29) is 0 Å². The molecule has 4 heteroatoms. The maximum Gasteiger partial charge on any atom is 0.256 e. The molecule has 0 fully saturated rings. The second-order valence-electron chi connectivity index (χ2n) is 7.71. The van der Waals surface area contributed by atoms with Crippen molar-refractivity contribution in [2.24, 2.45) is 5.92 Å². The van der Waals surface area contributed by atoms with Gasteiger partial charge in [-0.15, -0.1) is 0 Å². The Morgan fingerprint density at radius 2 is 1.58 bits per heavy atom. The van der Waals surface area contributed by atoms with Crippen LogP contribution in [0, 0.1) is 5.92 Å². The lowest BCUT2D eigenvalue weighted by atomic mass is 10.1. The monoisotopic (exact) mass is 364 g/mol. The van der Waals surface area contributed by atoms with Gasteiger partial charge in [0.05, 0.1) is 13.1 Å². The predicted molar refractivity (Wildman–Crippen MR) is 105 cm³/mol. The predicted octanol–water partition coefficient (Wildman–Crippen LogP) is 4.04. The minimum atomic E-state index is -0.965. The Morgan fingerprint density at radius 1 is 1.00 bits per heavy atom. The lowest BCUT2D eigenvalue weighted by Gasteiger charge is -2.12. The summed E-state index contributed by atoms with van der Waals surface area (Å²) >= 11 is 0. The van der Waals surface area contributed by atoms with Gasteiger partial charge in [-0.25, -0.2) is 9.13 Å². The van der Waals surface area contributed by atoms with Gasteiger partial charge in [-0.3, -0.25) is 0 Å². The molecule has 0 aliphatic carbocycles. The summed E-state index contributed by atoms with van der Waals surface area (Å²) in [5.74, 6) is -0.147. The molecule has 0 saturated carbocycles. The highest BCUT2D eigenvalue weighted by molar-refractivity contribution is 5.66. The number of nitrogens with zero attached hydrogens (tertiary/aromatic N) is 2. The molecule has 1 aromatic heterocycles. The Balaban J connectivity index is 2.43. The number of imidazole rings is 1. The summed E-state index contributed by atoms with van der Waals surface area (Å²) in [4.78, 5) is 11.1. The molecule has 0 radical (unpaired) electrons. The molecule has 0 aliphatic heterocycles. The molecule has 0 bridgehead atoms. The van der Waals surface area contributed by atoms with Gasteiger partial charge in [0.15, 0.2) is 0 Å². The van der Waals surface area contributed by atoms with Gasteiger partial charge >= 0.3 is 0 Å². The first-order valence-electron chi connectivity index (χ1n) is 10.9. The largest absolute Gasteiger partial charge is 0.550 e. The first kappa shape index (κ1) is 22.7. The zero-order valence-electron chi connectivity index (χ0n) is 17.3. The molecule has 0 aliphatic rings. The summed E-state index contributed by atoms with van der Waals surface area (Å²) in [6.07, 6.45) is 19.5. The molecule has 0 spiro atoms. The zero-order valence-corrected chi connectivity index (χ0v) is 17.3. The molecule has 150 valence electrons. The summed E-state index contributed by atoms with van der Waals surface area (Å²) in [6.45, 7) is 7.73. The topological polar surface area (TPSA) is 48.9 Å². The molecule has 0 aromatic carbocycles. The summed E-state index contributed by atoms with van der Waals surface area (Å²) < 4.78 is 4.44. The van der Waals surface area contributed by atoms with Crippen molar-refractivity contribution < 1.29 is 14.5 Å². The fourth-order valence-electron chi connectivity index (χ4n) is 3.45. The van der Waals surface area contributed by atoms with E-state index in [4.69, 9.17) is 0 Å². The van der Waals surface area contributed by atoms with Crippen molar-refractivity contribution >= 4 is 5.97 Å². The summed E-state index contributed by atoms with van der Waals surface area (Å²) in [5.41, 5.74) is 0. The maximum atomic E-state index is 11.1. The third-order valence-corrected chi connectivity index (χ3v) is 5.22. The van der Waals surface area contributed by atoms with Crippen LogP contribution in [0.2, 0.25) is 0 Å². The van der Waals surface area contributed by atoms with E-state index in [0.29, 0.717) is 6.54 Å². The number of aryl methyl sites for hydroxylation is 1. The minimum Gasteiger partial charge on any atom is -0.550 e. The zero-order chi connectivity index (χ0) is 19.2. The number of aliphatic carboxylic acids is 1. The van der Waals surface area contributed by atoms with Gasteiger partial charge in [0.25, 0.3) is 5.82 Å². The van der Waals surface area contributed by atoms with E-state index in [2.05, 4.69) is 29.2 Å². The number of carboxylic acids is 1. The average Bonchev–Trinajstić information content (AvgIpc) is 3.00. The summed E-state index contributed by atoms with van der Waals surface area (Å²) in [7, 11) is 0. The summed E-state index contributed by atoms with van der Waals surface area (Å²) in [6, 6.07) is 0. The third-order valence-electron chi connectivity index (χ3n) is 5.22. The number of hydrogen-bond acceptors (Lipinski definition) is 2. The minimum absolute atomic E-state index is 0.455. The van der Waals surface area contributed by atoms with E-state index >= 15 is 0 Å². The standard InChI is InChI=1S/C22H40N2O2/c1-4-6-8-9-10-11-12-13-14-15-21-23(16-7-5-2)17-18-24(21)19-20(3)22(25)26/h17-18,20H,4-16,19H2,1-3H3. The highest BCUT2D eigenvalue weighted by Crippen LogP contribution is 2.12. The molecule has 1 heterocycles. The second-order valence-corrected chi connectivity index (χ2v) is 7.71. The molecule has 1 atom stereocenters. The van der Waals surface area contributed by atoms with Crippen LogP contribution >= 0.6 is 0 Å². The molecule has 0 N–H and O–H groups in total. The number of unbranched alkanes of at least 4 members (excludes halogenated alkanes) is 9. The van der Waals surface area contributed by atoms with Crippen LogP contribution in [0.25, 0.3) is 0 Å². The molecular formula is C22H40N2O2. The molecule has 4 nitrogen and oxygen atoms in total. The van der Waals surface area contributed by atoms with E-state index in [1.807, 2.05) is 6.20 Å². The second kappa shape index (κ2) is 13.8. The smallest absolute Gasteiger partial charge is 0.256 e. The fraction of sp³-hybridized carbons (Fsp3) is 0.818. The fourth-order valence-corrected chi connectivity index (χ4v) is 3.45. The molecule has 0 amide bonds. The summed E-state index contributed by atoms with van der Waals surface area (Å²) in [5, 5.41) is 11.1. The first-order chi connectivity index (χ1) is 12.6. The molecule has 1 rings (SSSR count). The van der Waals surface area contributed by atoms with E-state index in [0.717, 1.165) is 19.4 Å². The van der Waals surface area contributed by atoms with Crippen LogP contribution in [0.5, 0.6) is 0 Å². The Hall–Kier alpha value is -1.32. The van der Waals surface area contributed by atoms with Gasteiger partial charge in [0.2, 0.25) is 0 Å². The first-order valence-corrected chi connectivity index (χ1v) is 10.9. The van der Waals surface area contributed by atoms with Crippen LogP contribution in [0.3, 0.4) is 0 Å². The number of hydrogen-bond donors (Lipinski definition) is 0. The highest BCUT2D eigenvalue weighted by atomic mass is 16.4. The molecule has 1 unspecified atom stereocenters. The molecular weight excluding hydrogens is 324 g/mol. The number of rotatable bonds is 16. The van der Waals surface area contributed by atoms with Gasteiger partial charge in [-0.1, -0.05) is 78.6 Å². The van der Waals surface area contributed by atoms with Crippen molar-refractivity contribution in [3.05, 3.63) is 18.2 Å². The number of aromatic nitrogens is 2. The van der Waals surface area contributed by atoms with Crippen molar-refractivity contribution in [2.75, 3.05) is 0 Å². The van der Waals surface area contributed by atoms with Crippen LogP contribution in [0.15, 0.2) is 12.4 Å². The van der Waals surface area contributed by atoms with Gasteiger partial charge < -0.3 is 9.90 Å². The van der Waals surface area contributed by atoms with E-state index < -0.39 is 11.9 Å². The van der Waals surface area contributed by atoms with Crippen LogP contribution in [0.1, 0.15) is 97.2 Å². The van der Waals surface area contributed by atoms with Crippen LogP contribution < -0.4 is 9.67 Å². The van der Waals surface area contributed by atoms with Gasteiger partial charge in [0, 0.05) is 18.3 Å². The Bertz CT molecular complexity index is 496. The number of carbonyl (C=O) groups excluding carboxylic acids is 1. The van der Waals surface area contributed by atoms with Crippen molar-refractivity contribution in [3.63, 3.8) is 0 Å². The molecule has 1 aromatic rings. The lowest BCUT2D eigenvalue weighted by Crippen LogP contribution is -2.45. The SMILES string of the molecule is CCCCCCCCCCCc1n(CCCC)cc[n+]1CC(C)C(=O)[O-]. The number of carboxylic acid groups (broad SMARTS) is 1. The van der Waals surface area contributed by atoms with Crippen LogP contribution in [-0.2, 0) is 24.3 Å². The van der Waals surface area contributed by atoms with Gasteiger partial charge in [-0.05, 0) is 12.8 Å². The Labute approximate surface area is 160 Å². The van der Waals surface area contributed by atoms with Crippen LogP contribution in [0.4, 0.5) is 0 Å². The van der Waals surface area contributed by atoms with Crippen molar-refractivity contribution in [1.82, 2.24) is 4.57 Å². The molecule has 26 heavy (non-hydrogen) atoms. The van der Waals surface area contributed by atoms with Gasteiger partial charge in [-0.2, -0.15) is 0 Å². The van der Waals surface area contributed by atoms with E-state index in [1.54, 1.807) is 6.92 Å². The van der Waals surface area contributed by atoms with Crippen molar-refractivity contribution in [1.29, 1.82) is 0 Å². The van der Waals surface area contributed by atoms with E-state index in [9.17, 15) is 9.90 Å². The third kappa shape index (κ3) is 8.86. The van der Waals surface area contributed by atoms with Crippen molar-refractivity contribution in [3.8, 4) is 0 Å². The van der Waals surface area contributed by atoms with E-state index in [1.165, 1.54) is 70.0 Å². The molecule has 0 saturated heterocycles. The Kier molecular flexibility index (Phi) is 12.1. The quantitative estimate of drug-likeness (QED) is 0.328. The maximum absolute atomic E-state index is 11.1. The van der Waals surface area contributed by atoms with Crippen molar-refractivity contribution in [2.45, 2.75) is 111 Å². The Morgan fingerprint density at radius 3 is 2.15 bits per heavy atom. The van der Waals surface area contributed by atoms with Gasteiger partial charge in [0.1, 0.15) is 12.4 Å². The number of carbonyl (C=O) groups is 1. The normalized spacial score (nSPS) is 12.4. The van der Waals surface area contributed by atoms with Crippen LogP contribution in [-0.4, -0.2) is 10.5 Å². The average molecular weight is 365 g/mol. The highest BCUT2D eigenvalue weighted by Gasteiger charge is 2.18.